The molecule has 1 unspecified atom stereocenters. The Kier molecular flexibility index (Phi) is 2.86. The van der Waals surface area contributed by atoms with Gasteiger partial charge in [0, 0.05) is 13.2 Å². The summed E-state index contributed by atoms with van der Waals surface area (Å²) in [5, 5.41) is 0. The van der Waals surface area contributed by atoms with Crippen LogP contribution in [0.5, 0.6) is 0 Å². The van der Waals surface area contributed by atoms with E-state index in [4.69, 9.17) is 6.42 Å². The van der Waals surface area contributed by atoms with Gasteiger partial charge < -0.3 is 4.90 Å². The maximum Gasteiger partial charge on any atom is 0.148 e. The first-order valence-corrected chi connectivity index (χ1v) is 4.12. The summed E-state index contributed by atoms with van der Waals surface area (Å²) in [5.41, 5.74) is 0.897. The number of rotatable bonds is 2. The van der Waals surface area contributed by atoms with Crippen LogP contribution in [0.25, 0.3) is 0 Å². The normalized spacial score (nSPS) is 11.8. The van der Waals surface area contributed by atoms with Crippen LogP contribution in [0.15, 0.2) is 12.4 Å². The standard InChI is InChI=1S/C10H13N3/c1-5-9(3)13(4)10-7-11-6-8(2)12-10/h1,6-7,9H,2-4H3. The van der Waals surface area contributed by atoms with Crippen molar-refractivity contribution in [2.45, 2.75) is 19.9 Å². The second kappa shape index (κ2) is 3.90. The Morgan fingerprint density at radius 1 is 1.54 bits per heavy atom. The molecule has 1 atom stereocenters. The van der Waals surface area contributed by atoms with Gasteiger partial charge in [-0.1, -0.05) is 5.92 Å². The van der Waals surface area contributed by atoms with Gasteiger partial charge in [-0.25, -0.2) is 4.98 Å². The minimum Gasteiger partial charge on any atom is -0.345 e. The summed E-state index contributed by atoms with van der Waals surface area (Å²) in [6.07, 6.45) is 8.74. The molecule has 1 rings (SSSR count). The van der Waals surface area contributed by atoms with Crippen molar-refractivity contribution in [1.82, 2.24) is 9.97 Å². The van der Waals surface area contributed by atoms with E-state index in [0.717, 1.165) is 11.5 Å². The van der Waals surface area contributed by atoms with Gasteiger partial charge in [0.25, 0.3) is 0 Å². The van der Waals surface area contributed by atoms with E-state index in [1.54, 1.807) is 12.4 Å². The highest BCUT2D eigenvalue weighted by Gasteiger charge is 2.07. The smallest absolute Gasteiger partial charge is 0.148 e. The molecule has 3 heteroatoms. The van der Waals surface area contributed by atoms with Crippen LogP contribution in [0.4, 0.5) is 5.82 Å². The van der Waals surface area contributed by atoms with Crippen LogP contribution in [0.2, 0.25) is 0 Å². The number of hydrogen-bond donors (Lipinski definition) is 0. The molecule has 0 radical (unpaired) electrons. The number of terminal acetylenes is 1. The minimum absolute atomic E-state index is 0.0381. The summed E-state index contributed by atoms with van der Waals surface area (Å²) in [6.45, 7) is 3.86. The molecule has 0 aliphatic rings. The first-order valence-electron chi connectivity index (χ1n) is 4.12. The zero-order valence-corrected chi connectivity index (χ0v) is 8.15. The third-order valence-corrected chi connectivity index (χ3v) is 1.93. The van der Waals surface area contributed by atoms with Gasteiger partial charge in [-0.15, -0.1) is 6.42 Å². The van der Waals surface area contributed by atoms with Crippen molar-refractivity contribution in [1.29, 1.82) is 0 Å². The molecule has 3 nitrogen and oxygen atoms in total. The van der Waals surface area contributed by atoms with Crippen LogP contribution in [-0.4, -0.2) is 23.1 Å². The van der Waals surface area contributed by atoms with Gasteiger partial charge in [0.2, 0.25) is 0 Å². The second-order valence-corrected chi connectivity index (χ2v) is 2.97. The van der Waals surface area contributed by atoms with E-state index in [0.29, 0.717) is 0 Å². The molecule has 0 spiro atoms. The molecule has 13 heavy (non-hydrogen) atoms. The van der Waals surface area contributed by atoms with E-state index >= 15 is 0 Å². The fraction of sp³-hybridized carbons (Fsp3) is 0.400. The Labute approximate surface area is 78.8 Å². The van der Waals surface area contributed by atoms with Gasteiger partial charge >= 0.3 is 0 Å². The predicted molar refractivity (Wildman–Crippen MR) is 53.5 cm³/mol. The van der Waals surface area contributed by atoms with Crippen molar-refractivity contribution in [3.63, 3.8) is 0 Å². The highest BCUT2D eigenvalue weighted by molar-refractivity contribution is 5.38. The fourth-order valence-electron chi connectivity index (χ4n) is 0.930. The molecular weight excluding hydrogens is 162 g/mol. The Morgan fingerprint density at radius 3 is 2.77 bits per heavy atom. The van der Waals surface area contributed by atoms with Gasteiger partial charge in [0.05, 0.1) is 17.9 Å². The van der Waals surface area contributed by atoms with Crippen LogP contribution in [0.3, 0.4) is 0 Å². The van der Waals surface area contributed by atoms with Gasteiger partial charge in [-0.3, -0.25) is 4.98 Å². The number of anilines is 1. The highest BCUT2D eigenvalue weighted by atomic mass is 15.2. The number of aryl methyl sites for hydroxylation is 1. The highest BCUT2D eigenvalue weighted by Crippen LogP contribution is 2.09. The SMILES string of the molecule is C#CC(C)N(C)c1cncc(C)n1. The zero-order valence-electron chi connectivity index (χ0n) is 8.15. The van der Waals surface area contributed by atoms with E-state index in [9.17, 15) is 0 Å². The predicted octanol–water partition coefficient (Wildman–Crippen LogP) is 1.24. The lowest BCUT2D eigenvalue weighted by molar-refractivity contribution is 0.821. The Balaban J connectivity index is 2.90. The molecule has 1 aromatic heterocycles. The molecule has 0 aromatic carbocycles. The summed E-state index contributed by atoms with van der Waals surface area (Å²) in [5.74, 6) is 3.45. The summed E-state index contributed by atoms with van der Waals surface area (Å²) < 4.78 is 0. The van der Waals surface area contributed by atoms with Gasteiger partial charge in [0.15, 0.2) is 0 Å². The van der Waals surface area contributed by atoms with Crippen molar-refractivity contribution in [3.05, 3.63) is 18.1 Å². The maximum absolute atomic E-state index is 5.31. The topological polar surface area (TPSA) is 29.0 Å². The van der Waals surface area contributed by atoms with Crippen LogP contribution in [-0.2, 0) is 0 Å². The minimum atomic E-state index is 0.0381. The molecule has 1 heterocycles. The molecule has 0 N–H and O–H groups in total. The van der Waals surface area contributed by atoms with E-state index in [-0.39, 0.29) is 6.04 Å². The Hall–Kier alpha value is -1.56. The monoisotopic (exact) mass is 175 g/mol. The molecule has 0 bridgehead atoms. The molecule has 0 aliphatic heterocycles. The fourth-order valence-corrected chi connectivity index (χ4v) is 0.930. The molecule has 0 saturated carbocycles. The summed E-state index contributed by atoms with van der Waals surface area (Å²) in [7, 11) is 1.91. The summed E-state index contributed by atoms with van der Waals surface area (Å²) >= 11 is 0. The van der Waals surface area contributed by atoms with Crippen LogP contribution in [0, 0.1) is 19.3 Å². The van der Waals surface area contributed by atoms with Crippen LogP contribution < -0.4 is 4.90 Å². The van der Waals surface area contributed by atoms with E-state index in [1.165, 1.54) is 0 Å². The first-order chi connectivity index (χ1) is 6.15. The molecule has 0 aliphatic carbocycles. The lowest BCUT2D eigenvalue weighted by Crippen LogP contribution is -2.28. The van der Waals surface area contributed by atoms with Crippen molar-refractivity contribution in [2.24, 2.45) is 0 Å². The van der Waals surface area contributed by atoms with Crippen molar-refractivity contribution < 1.29 is 0 Å². The molecule has 0 fully saturated rings. The van der Waals surface area contributed by atoms with E-state index in [1.807, 2.05) is 25.8 Å². The zero-order chi connectivity index (χ0) is 9.84. The van der Waals surface area contributed by atoms with Crippen LogP contribution in [0.1, 0.15) is 12.6 Å². The third kappa shape index (κ3) is 2.19. The average Bonchev–Trinajstić information content (AvgIpc) is 2.15. The molecule has 68 valence electrons. The van der Waals surface area contributed by atoms with Gasteiger partial charge in [-0.05, 0) is 13.8 Å². The van der Waals surface area contributed by atoms with Gasteiger partial charge in [-0.2, -0.15) is 0 Å². The van der Waals surface area contributed by atoms with Crippen LogP contribution >= 0.6 is 0 Å². The summed E-state index contributed by atoms with van der Waals surface area (Å²) in [4.78, 5) is 10.3. The lowest BCUT2D eigenvalue weighted by Gasteiger charge is -2.21. The quantitative estimate of drug-likeness (QED) is 0.633. The van der Waals surface area contributed by atoms with Crippen molar-refractivity contribution in [2.75, 3.05) is 11.9 Å². The number of hydrogen-bond acceptors (Lipinski definition) is 3. The maximum atomic E-state index is 5.31. The van der Waals surface area contributed by atoms with Crippen molar-refractivity contribution >= 4 is 5.82 Å². The van der Waals surface area contributed by atoms with E-state index < -0.39 is 0 Å². The van der Waals surface area contributed by atoms with Crippen molar-refractivity contribution in [3.8, 4) is 12.3 Å². The molecule has 0 saturated heterocycles. The van der Waals surface area contributed by atoms with E-state index in [2.05, 4.69) is 15.9 Å². The molecule has 0 amide bonds. The summed E-state index contributed by atoms with van der Waals surface area (Å²) in [6, 6.07) is 0.0381. The number of aromatic nitrogens is 2. The lowest BCUT2D eigenvalue weighted by atomic mass is 10.3. The number of nitrogens with zero attached hydrogens (tertiary/aromatic N) is 3. The molecular formula is C10H13N3. The second-order valence-electron chi connectivity index (χ2n) is 2.97. The Bertz CT molecular complexity index is 327. The third-order valence-electron chi connectivity index (χ3n) is 1.93. The first kappa shape index (κ1) is 9.53. The Morgan fingerprint density at radius 2 is 2.23 bits per heavy atom. The van der Waals surface area contributed by atoms with Gasteiger partial charge in [0.1, 0.15) is 5.82 Å². The average molecular weight is 175 g/mol. The largest absolute Gasteiger partial charge is 0.345 e. The molecule has 1 aromatic rings.